The third-order valence-electron chi connectivity index (χ3n) is 3.20. The molecule has 0 spiro atoms. The molecule has 2 aromatic heterocycles. The number of aromatic nitrogens is 3. The molecule has 4 heteroatoms. The fourth-order valence-corrected chi connectivity index (χ4v) is 2.37. The summed E-state index contributed by atoms with van der Waals surface area (Å²) in [5, 5.41) is 4.08. The minimum atomic E-state index is 0.715. The number of imidazole rings is 1. The lowest BCUT2D eigenvalue weighted by atomic mass is 10.3. The average molecular weight is 255 g/mol. The number of para-hydroxylation sites is 2. The van der Waals surface area contributed by atoms with Gasteiger partial charge in [0.15, 0.2) is 0 Å². The van der Waals surface area contributed by atoms with Gasteiger partial charge >= 0.3 is 0 Å². The highest BCUT2D eigenvalue weighted by atomic mass is 16.5. The summed E-state index contributed by atoms with van der Waals surface area (Å²) >= 11 is 0. The molecule has 0 atom stereocenters. The highest BCUT2D eigenvalue weighted by molar-refractivity contribution is 5.76. The molecule has 19 heavy (non-hydrogen) atoms. The Morgan fingerprint density at radius 2 is 2.11 bits per heavy atom. The quantitative estimate of drug-likeness (QED) is 0.718. The molecular formula is C15H17N3O. The Morgan fingerprint density at radius 1 is 1.26 bits per heavy atom. The minimum Gasteiger partial charge on any atom is -0.361 e. The first-order chi connectivity index (χ1) is 9.28. The summed E-state index contributed by atoms with van der Waals surface area (Å²) in [5.41, 5.74) is 3.15. The summed E-state index contributed by atoms with van der Waals surface area (Å²) in [6.45, 7) is 4.80. The van der Waals surface area contributed by atoms with E-state index in [1.807, 2.05) is 25.1 Å². The van der Waals surface area contributed by atoms with Crippen molar-refractivity contribution >= 4 is 11.0 Å². The zero-order chi connectivity index (χ0) is 13.2. The predicted molar refractivity (Wildman–Crippen MR) is 74.1 cm³/mol. The maximum Gasteiger partial charge on any atom is 0.133 e. The van der Waals surface area contributed by atoms with E-state index in [0.29, 0.717) is 6.54 Å². The van der Waals surface area contributed by atoms with Crippen LogP contribution in [0.15, 0.2) is 34.9 Å². The molecule has 3 aromatic rings. The topological polar surface area (TPSA) is 43.9 Å². The molecule has 0 aliphatic heterocycles. The normalized spacial score (nSPS) is 11.3. The van der Waals surface area contributed by atoms with E-state index < -0.39 is 0 Å². The largest absolute Gasteiger partial charge is 0.361 e. The van der Waals surface area contributed by atoms with E-state index in [9.17, 15) is 0 Å². The third-order valence-corrected chi connectivity index (χ3v) is 3.20. The molecule has 0 bridgehead atoms. The van der Waals surface area contributed by atoms with E-state index in [-0.39, 0.29) is 0 Å². The summed E-state index contributed by atoms with van der Waals surface area (Å²) in [5.74, 6) is 1.96. The SMILES string of the molecule is CCCc1nc2ccccc2n1Cc1cc(C)on1. The van der Waals surface area contributed by atoms with Crippen LogP contribution in [0.4, 0.5) is 0 Å². The van der Waals surface area contributed by atoms with Crippen molar-refractivity contribution in [3.05, 3.63) is 47.6 Å². The summed E-state index contributed by atoms with van der Waals surface area (Å²) in [7, 11) is 0. The van der Waals surface area contributed by atoms with Gasteiger partial charge in [-0.25, -0.2) is 4.98 Å². The lowest BCUT2D eigenvalue weighted by Crippen LogP contribution is -2.05. The molecular weight excluding hydrogens is 238 g/mol. The van der Waals surface area contributed by atoms with Gasteiger partial charge in [0.1, 0.15) is 17.3 Å². The maximum absolute atomic E-state index is 5.14. The number of hydrogen-bond acceptors (Lipinski definition) is 3. The first-order valence-corrected chi connectivity index (χ1v) is 6.64. The number of rotatable bonds is 4. The molecule has 4 nitrogen and oxygen atoms in total. The fraction of sp³-hybridized carbons (Fsp3) is 0.333. The van der Waals surface area contributed by atoms with Crippen molar-refractivity contribution in [2.24, 2.45) is 0 Å². The minimum absolute atomic E-state index is 0.715. The van der Waals surface area contributed by atoms with Crippen LogP contribution in [-0.4, -0.2) is 14.7 Å². The Bertz CT molecular complexity index is 696. The number of benzene rings is 1. The molecule has 3 rings (SSSR count). The smallest absolute Gasteiger partial charge is 0.133 e. The summed E-state index contributed by atoms with van der Waals surface area (Å²) < 4.78 is 7.37. The average Bonchev–Trinajstić information content (AvgIpc) is 2.96. The number of nitrogens with zero attached hydrogens (tertiary/aromatic N) is 3. The van der Waals surface area contributed by atoms with Crippen LogP contribution >= 0.6 is 0 Å². The molecule has 98 valence electrons. The molecule has 0 unspecified atom stereocenters. The van der Waals surface area contributed by atoms with Crippen molar-refractivity contribution in [3.8, 4) is 0 Å². The van der Waals surface area contributed by atoms with Gasteiger partial charge in [-0.2, -0.15) is 0 Å². The molecule has 0 radical (unpaired) electrons. The van der Waals surface area contributed by atoms with Gasteiger partial charge in [0.25, 0.3) is 0 Å². The lowest BCUT2D eigenvalue weighted by molar-refractivity contribution is 0.389. The Kier molecular flexibility index (Phi) is 3.07. The summed E-state index contributed by atoms with van der Waals surface area (Å²) in [6, 6.07) is 10.2. The maximum atomic E-state index is 5.14. The molecule has 0 aliphatic carbocycles. The van der Waals surface area contributed by atoms with Crippen LogP contribution < -0.4 is 0 Å². The molecule has 0 saturated heterocycles. The van der Waals surface area contributed by atoms with Gasteiger partial charge in [0, 0.05) is 12.5 Å². The molecule has 0 amide bonds. The second-order valence-corrected chi connectivity index (χ2v) is 4.78. The Balaban J connectivity index is 2.06. The van der Waals surface area contributed by atoms with Crippen LogP contribution in [0.5, 0.6) is 0 Å². The van der Waals surface area contributed by atoms with E-state index in [2.05, 4.69) is 28.8 Å². The Labute approximate surface area is 112 Å². The first-order valence-electron chi connectivity index (χ1n) is 6.64. The van der Waals surface area contributed by atoms with Crippen LogP contribution in [0.3, 0.4) is 0 Å². The van der Waals surface area contributed by atoms with Crippen molar-refractivity contribution in [1.29, 1.82) is 0 Å². The first kappa shape index (κ1) is 12.0. The number of fused-ring (bicyclic) bond motifs is 1. The van der Waals surface area contributed by atoms with Crippen LogP contribution in [0, 0.1) is 6.92 Å². The molecule has 1 aromatic carbocycles. The standard InChI is InChI=1S/C15H17N3O/c1-3-6-15-16-13-7-4-5-8-14(13)18(15)10-12-9-11(2)19-17-12/h4-5,7-9H,3,6,10H2,1-2H3. The Hall–Kier alpha value is -2.10. The van der Waals surface area contributed by atoms with Gasteiger partial charge in [-0.3, -0.25) is 0 Å². The van der Waals surface area contributed by atoms with Crippen LogP contribution in [0.25, 0.3) is 11.0 Å². The molecule has 2 heterocycles. The van der Waals surface area contributed by atoms with Gasteiger partial charge in [-0.05, 0) is 25.5 Å². The van der Waals surface area contributed by atoms with Crippen molar-refractivity contribution in [3.63, 3.8) is 0 Å². The van der Waals surface area contributed by atoms with Crippen LogP contribution in [-0.2, 0) is 13.0 Å². The van der Waals surface area contributed by atoms with Gasteiger partial charge in [0.05, 0.1) is 17.6 Å². The van der Waals surface area contributed by atoms with Gasteiger partial charge in [-0.1, -0.05) is 24.2 Å². The lowest BCUT2D eigenvalue weighted by Gasteiger charge is -2.06. The zero-order valence-electron chi connectivity index (χ0n) is 11.3. The van der Waals surface area contributed by atoms with Crippen LogP contribution in [0.1, 0.15) is 30.6 Å². The Morgan fingerprint density at radius 3 is 2.84 bits per heavy atom. The zero-order valence-corrected chi connectivity index (χ0v) is 11.3. The summed E-state index contributed by atoms with van der Waals surface area (Å²) in [4.78, 5) is 4.71. The van der Waals surface area contributed by atoms with E-state index in [4.69, 9.17) is 9.51 Å². The highest BCUT2D eigenvalue weighted by Crippen LogP contribution is 2.18. The summed E-state index contributed by atoms with van der Waals surface area (Å²) in [6.07, 6.45) is 2.06. The second-order valence-electron chi connectivity index (χ2n) is 4.78. The van der Waals surface area contributed by atoms with Gasteiger partial charge < -0.3 is 9.09 Å². The number of hydrogen-bond donors (Lipinski definition) is 0. The van der Waals surface area contributed by atoms with Gasteiger partial charge in [0.2, 0.25) is 0 Å². The third kappa shape index (κ3) is 2.26. The van der Waals surface area contributed by atoms with E-state index in [0.717, 1.165) is 41.2 Å². The fourth-order valence-electron chi connectivity index (χ4n) is 2.37. The monoisotopic (exact) mass is 255 g/mol. The second kappa shape index (κ2) is 4.88. The van der Waals surface area contributed by atoms with Crippen molar-refractivity contribution in [2.45, 2.75) is 33.2 Å². The van der Waals surface area contributed by atoms with Crippen molar-refractivity contribution < 1.29 is 4.52 Å². The molecule has 0 saturated carbocycles. The van der Waals surface area contributed by atoms with Crippen LogP contribution in [0.2, 0.25) is 0 Å². The molecule has 0 fully saturated rings. The number of aryl methyl sites for hydroxylation is 2. The van der Waals surface area contributed by atoms with E-state index >= 15 is 0 Å². The predicted octanol–water partition coefficient (Wildman–Crippen LogP) is 3.33. The molecule has 0 N–H and O–H groups in total. The van der Waals surface area contributed by atoms with E-state index in [1.165, 1.54) is 0 Å². The van der Waals surface area contributed by atoms with Crippen molar-refractivity contribution in [1.82, 2.24) is 14.7 Å². The highest BCUT2D eigenvalue weighted by Gasteiger charge is 2.11. The van der Waals surface area contributed by atoms with E-state index in [1.54, 1.807) is 0 Å². The molecule has 0 aliphatic rings. The van der Waals surface area contributed by atoms with Gasteiger partial charge in [-0.15, -0.1) is 0 Å². The van der Waals surface area contributed by atoms with Crippen molar-refractivity contribution in [2.75, 3.05) is 0 Å².